The maximum absolute atomic E-state index is 12.9. The quantitative estimate of drug-likeness (QED) is 0.407. The number of hydrogen-bond acceptors (Lipinski definition) is 7. The molecular formula is C21H17N3O5. The number of aromatic hydroxyl groups is 1. The number of ketones is 1. The first-order chi connectivity index (χ1) is 13.8. The standard InChI is InChI=1S/C21H17N3O5/c1-23(2)8-13-11-5-10-7-24-16(18(10)22-15(11)3-4-17(13)25)6-12-14(20(24)27)9-29-21(28)19(12)26/h3-6,25H,7-9H2,1-2H3. The topological polar surface area (TPSA) is 102 Å². The van der Waals surface area contributed by atoms with Crippen molar-refractivity contribution in [3.8, 4) is 17.1 Å². The normalized spacial score (nSPS) is 14.7. The number of Topliss-reactive ketones (excluding diaryl/α,β-unsaturated/α-hetero) is 1. The molecule has 4 heterocycles. The molecule has 0 amide bonds. The summed E-state index contributed by atoms with van der Waals surface area (Å²) < 4.78 is 6.36. The number of esters is 1. The molecular weight excluding hydrogens is 374 g/mol. The van der Waals surface area contributed by atoms with Gasteiger partial charge in [-0.05, 0) is 38.4 Å². The Bertz CT molecular complexity index is 1310. The smallest absolute Gasteiger partial charge is 0.380 e. The molecule has 0 saturated carbocycles. The first-order valence-electron chi connectivity index (χ1n) is 9.13. The molecule has 0 saturated heterocycles. The fraction of sp³-hybridized carbons (Fsp3) is 0.238. The second kappa shape index (κ2) is 5.99. The summed E-state index contributed by atoms with van der Waals surface area (Å²) in [4.78, 5) is 43.4. The van der Waals surface area contributed by atoms with Crippen LogP contribution in [-0.4, -0.2) is 45.4 Å². The molecule has 1 aromatic carbocycles. The van der Waals surface area contributed by atoms with Crippen LogP contribution in [0.1, 0.15) is 27.0 Å². The Morgan fingerprint density at radius 2 is 2.00 bits per heavy atom. The summed E-state index contributed by atoms with van der Waals surface area (Å²) in [5.41, 5.74) is 3.32. The van der Waals surface area contributed by atoms with Crippen LogP contribution in [0.4, 0.5) is 0 Å². The Labute approximate surface area is 165 Å². The van der Waals surface area contributed by atoms with E-state index in [0.717, 1.165) is 16.5 Å². The number of fused-ring (bicyclic) bond motifs is 5. The third-order valence-electron chi connectivity index (χ3n) is 5.39. The minimum absolute atomic E-state index is 0.0891. The number of hydrogen-bond donors (Lipinski definition) is 1. The van der Waals surface area contributed by atoms with Crippen molar-refractivity contribution >= 4 is 22.7 Å². The molecule has 29 heavy (non-hydrogen) atoms. The third kappa shape index (κ3) is 2.49. The largest absolute Gasteiger partial charge is 0.508 e. The maximum Gasteiger partial charge on any atom is 0.380 e. The second-order valence-corrected chi connectivity index (χ2v) is 7.58. The van der Waals surface area contributed by atoms with Crippen molar-refractivity contribution in [3.05, 3.63) is 56.9 Å². The Hall–Kier alpha value is -3.52. The molecule has 146 valence electrons. The van der Waals surface area contributed by atoms with Crippen LogP contribution < -0.4 is 5.56 Å². The van der Waals surface area contributed by atoms with Gasteiger partial charge in [-0.2, -0.15) is 0 Å². The number of carbonyl (C=O) groups excluding carboxylic acids is 2. The van der Waals surface area contributed by atoms with Crippen LogP contribution in [0.3, 0.4) is 0 Å². The van der Waals surface area contributed by atoms with Crippen LogP contribution in [0.5, 0.6) is 5.75 Å². The van der Waals surface area contributed by atoms with E-state index >= 15 is 0 Å². The molecule has 0 atom stereocenters. The van der Waals surface area contributed by atoms with E-state index in [1.165, 1.54) is 0 Å². The van der Waals surface area contributed by atoms with Gasteiger partial charge in [0.2, 0.25) is 0 Å². The van der Waals surface area contributed by atoms with Gasteiger partial charge in [-0.1, -0.05) is 0 Å². The number of carbonyl (C=O) groups is 2. The SMILES string of the molecule is CN(C)Cc1c(O)ccc2nc3c(cc12)Cn1c-3cc2c(c1=O)COC(=O)C2=O. The average Bonchev–Trinajstić information content (AvgIpc) is 3.04. The maximum atomic E-state index is 12.9. The number of ether oxygens (including phenoxy) is 1. The Morgan fingerprint density at radius 3 is 2.76 bits per heavy atom. The molecule has 2 aliphatic rings. The highest BCUT2D eigenvalue weighted by Crippen LogP contribution is 2.36. The van der Waals surface area contributed by atoms with Gasteiger partial charge in [-0.25, -0.2) is 9.78 Å². The van der Waals surface area contributed by atoms with Crippen LogP contribution in [0.2, 0.25) is 0 Å². The average molecular weight is 391 g/mol. The van der Waals surface area contributed by atoms with Gasteiger partial charge in [-0.3, -0.25) is 9.59 Å². The molecule has 0 spiro atoms. The molecule has 0 bridgehead atoms. The van der Waals surface area contributed by atoms with Crippen molar-refractivity contribution in [1.29, 1.82) is 0 Å². The van der Waals surface area contributed by atoms with Gasteiger partial charge in [0.15, 0.2) is 0 Å². The van der Waals surface area contributed by atoms with Gasteiger partial charge in [0, 0.05) is 28.6 Å². The van der Waals surface area contributed by atoms with Crippen LogP contribution in [0, 0.1) is 0 Å². The van der Waals surface area contributed by atoms with E-state index in [4.69, 9.17) is 9.72 Å². The molecule has 2 aliphatic heterocycles. The van der Waals surface area contributed by atoms with Gasteiger partial charge >= 0.3 is 5.97 Å². The minimum atomic E-state index is -0.949. The number of aromatic nitrogens is 2. The fourth-order valence-electron chi connectivity index (χ4n) is 4.03. The summed E-state index contributed by atoms with van der Waals surface area (Å²) >= 11 is 0. The van der Waals surface area contributed by atoms with Gasteiger partial charge in [0.1, 0.15) is 12.4 Å². The van der Waals surface area contributed by atoms with Gasteiger partial charge < -0.3 is 19.3 Å². The zero-order chi connectivity index (χ0) is 20.4. The molecule has 0 fully saturated rings. The molecule has 2 aromatic heterocycles. The van der Waals surface area contributed by atoms with Crippen molar-refractivity contribution in [2.24, 2.45) is 0 Å². The lowest BCUT2D eigenvalue weighted by Crippen LogP contribution is -2.33. The molecule has 1 N–H and O–H groups in total. The van der Waals surface area contributed by atoms with Crippen molar-refractivity contribution in [1.82, 2.24) is 14.5 Å². The third-order valence-corrected chi connectivity index (χ3v) is 5.39. The van der Waals surface area contributed by atoms with Crippen LogP contribution in [0.25, 0.3) is 22.3 Å². The Morgan fingerprint density at radius 1 is 1.21 bits per heavy atom. The lowest BCUT2D eigenvalue weighted by atomic mass is 10.0. The highest BCUT2D eigenvalue weighted by atomic mass is 16.5. The zero-order valence-electron chi connectivity index (χ0n) is 15.9. The van der Waals surface area contributed by atoms with Gasteiger partial charge in [0.25, 0.3) is 11.3 Å². The Kier molecular flexibility index (Phi) is 3.63. The van der Waals surface area contributed by atoms with Gasteiger partial charge in [0.05, 0.1) is 29.0 Å². The van der Waals surface area contributed by atoms with E-state index in [2.05, 4.69) is 0 Å². The summed E-state index contributed by atoms with van der Waals surface area (Å²) in [6.45, 7) is 0.642. The molecule has 0 radical (unpaired) electrons. The first kappa shape index (κ1) is 17.6. The highest BCUT2D eigenvalue weighted by molar-refractivity contribution is 6.41. The summed E-state index contributed by atoms with van der Waals surface area (Å²) in [6.07, 6.45) is 0. The number of cyclic esters (lactones) is 1. The Balaban J connectivity index is 1.74. The molecule has 0 unspecified atom stereocenters. The van der Waals surface area contributed by atoms with Crippen LogP contribution >= 0.6 is 0 Å². The predicted molar refractivity (Wildman–Crippen MR) is 104 cm³/mol. The highest BCUT2D eigenvalue weighted by Gasteiger charge is 2.33. The number of nitrogens with zero attached hydrogens (tertiary/aromatic N) is 3. The van der Waals surface area contributed by atoms with E-state index in [9.17, 15) is 19.5 Å². The fourth-order valence-corrected chi connectivity index (χ4v) is 4.03. The summed E-state index contributed by atoms with van der Waals surface area (Å²) in [5, 5.41) is 11.1. The number of phenols is 1. The van der Waals surface area contributed by atoms with Crippen molar-refractivity contribution in [3.63, 3.8) is 0 Å². The van der Waals surface area contributed by atoms with E-state index in [-0.39, 0.29) is 29.0 Å². The van der Waals surface area contributed by atoms with Crippen molar-refractivity contribution < 1.29 is 19.4 Å². The van der Waals surface area contributed by atoms with E-state index in [1.54, 1.807) is 22.8 Å². The first-order valence-corrected chi connectivity index (χ1v) is 9.13. The summed E-state index contributed by atoms with van der Waals surface area (Å²) in [7, 11) is 3.83. The molecule has 8 nitrogen and oxygen atoms in total. The van der Waals surface area contributed by atoms with Crippen LogP contribution in [0.15, 0.2) is 29.1 Å². The van der Waals surface area contributed by atoms with Crippen molar-refractivity contribution in [2.45, 2.75) is 19.7 Å². The second-order valence-electron chi connectivity index (χ2n) is 7.58. The monoisotopic (exact) mass is 391 g/mol. The van der Waals surface area contributed by atoms with E-state index in [1.807, 2.05) is 25.1 Å². The van der Waals surface area contributed by atoms with E-state index in [0.29, 0.717) is 30.0 Å². The number of benzene rings is 1. The summed E-state index contributed by atoms with van der Waals surface area (Å²) in [6, 6.07) is 6.83. The molecule has 0 aliphatic carbocycles. The molecule has 5 rings (SSSR count). The lowest BCUT2D eigenvalue weighted by molar-refractivity contribution is -0.140. The molecule has 3 aromatic rings. The minimum Gasteiger partial charge on any atom is -0.508 e. The predicted octanol–water partition coefficient (Wildman–Crippen LogP) is 1.43. The molecule has 8 heteroatoms. The van der Waals surface area contributed by atoms with Crippen molar-refractivity contribution in [2.75, 3.05) is 14.1 Å². The zero-order valence-corrected chi connectivity index (χ0v) is 15.9. The van der Waals surface area contributed by atoms with E-state index < -0.39 is 11.8 Å². The van der Waals surface area contributed by atoms with Crippen LogP contribution in [-0.2, 0) is 29.2 Å². The lowest BCUT2D eigenvalue weighted by Gasteiger charge is -2.16. The number of pyridine rings is 2. The van der Waals surface area contributed by atoms with Gasteiger partial charge in [-0.15, -0.1) is 0 Å². The number of phenolic OH excluding ortho intramolecular Hbond substituents is 1. The number of rotatable bonds is 2. The summed E-state index contributed by atoms with van der Waals surface area (Å²) in [5.74, 6) is -1.56.